The van der Waals surface area contributed by atoms with E-state index in [2.05, 4.69) is 4.99 Å². The standard InChI is InChI=1S/C10H7N3O4S/c11-10-12-9(15)8(18-10)4-5-1-2-7(14)6(3-5)13(16)17/h1-4,14H,(H2,11,12,15)/p-1/b8-4+. The van der Waals surface area contributed by atoms with Crippen molar-refractivity contribution in [1.82, 2.24) is 0 Å². The van der Waals surface area contributed by atoms with Crippen LogP contribution in [0.15, 0.2) is 28.1 Å². The Morgan fingerprint density at radius 3 is 2.72 bits per heavy atom. The molecule has 0 atom stereocenters. The molecule has 92 valence electrons. The Hall–Kier alpha value is -2.35. The van der Waals surface area contributed by atoms with Gasteiger partial charge in [-0.3, -0.25) is 14.9 Å². The summed E-state index contributed by atoms with van der Waals surface area (Å²) in [4.78, 5) is 24.9. The maximum Gasteiger partial charge on any atom is 0.286 e. The summed E-state index contributed by atoms with van der Waals surface area (Å²) in [6.45, 7) is 0. The smallest absolute Gasteiger partial charge is 0.286 e. The molecule has 18 heavy (non-hydrogen) atoms. The first kappa shape index (κ1) is 12.1. The summed E-state index contributed by atoms with van der Waals surface area (Å²) < 4.78 is 0. The zero-order chi connectivity index (χ0) is 13.3. The van der Waals surface area contributed by atoms with Gasteiger partial charge in [-0.05, 0) is 29.2 Å². The van der Waals surface area contributed by atoms with Gasteiger partial charge in [0.05, 0.1) is 9.83 Å². The maximum atomic E-state index is 11.3. The zero-order valence-corrected chi connectivity index (χ0v) is 9.64. The highest BCUT2D eigenvalue weighted by Gasteiger charge is 2.19. The third kappa shape index (κ3) is 2.33. The van der Waals surface area contributed by atoms with Gasteiger partial charge < -0.3 is 10.8 Å². The van der Waals surface area contributed by atoms with Crippen LogP contribution in [0.25, 0.3) is 6.08 Å². The number of amides is 1. The van der Waals surface area contributed by atoms with E-state index in [-0.39, 0.29) is 10.1 Å². The van der Waals surface area contributed by atoms with Crippen molar-refractivity contribution in [2.24, 2.45) is 10.7 Å². The molecule has 8 heteroatoms. The molecule has 2 rings (SSSR count). The van der Waals surface area contributed by atoms with Gasteiger partial charge in [-0.1, -0.05) is 12.1 Å². The van der Waals surface area contributed by atoms with E-state index in [1.165, 1.54) is 12.1 Å². The SMILES string of the molecule is NC1=NC(=O)/C(=C\c2ccc([O-])c([N+](=O)[O-])c2)S1. The number of carbonyl (C=O) groups is 1. The number of thioether (sulfide) groups is 1. The van der Waals surface area contributed by atoms with Crippen molar-refractivity contribution in [1.29, 1.82) is 0 Å². The van der Waals surface area contributed by atoms with Crippen LogP contribution >= 0.6 is 11.8 Å². The van der Waals surface area contributed by atoms with Crippen LogP contribution in [0.1, 0.15) is 5.56 Å². The Labute approximate surface area is 105 Å². The number of nitro groups is 1. The first-order valence-corrected chi connectivity index (χ1v) is 5.52. The number of nitrogens with two attached hydrogens (primary N) is 1. The Morgan fingerprint density at radius 2 is 2.17 bits per heavy atom. The molecule has 0 aromatic heterocycles. The minimum absolute atomic E-state index is 0.126. The third-order valence-electron chi connectivity index (χ3n) is 2.11. The molecule has 0 spiro atoms. The van der Waals surface area contributed by atoms with Gasteiger partial charge in [0.2, 0.25) is 0 Å². The van der Waals surface area contributed by atoms with E-state index >= 15 is 0 Å². The lowest BCUT2D eigenvalue weighted by Gasteiger charge is -2.06. The average molecular weight is 264 g/mol. The van der Waals surface area contributed by atoms with Gasteiger partial charge in [0.25, 0.3) is 11.6 Å². The van der Waals surface area contributed by atoms with Crippen LogP contribution in [-0.4, -0.2) is 16.0 Å². The molecule has 1 amide bonds. The highest BCUT2D eigenvalue weighted by molar-refractivity contribution is 8.18. The molecule has 2 N–H and O–H groups in total. The Kier molecular flexibility index (Phi) is 3.02. The quantitative estimate of drug-likeness (QED) is 0.474. The fourth-order valence-electron chi connectivity index (χ4n) is 1.34. The zero-order valence-electron chi connectivity index (χ0n) is 8.82. The summed E-state index contributed by atoms with van der Waals surface area (Å²) in [5.41, 5.74) is 5.21. The van der Waals surface area contributed by atoms with Crippen molar-refractivity contribution in [2.75, 3.05) is 0 Å². The molecule has 0 aliphatic carbocycles. The molecule has 0 fully saturated rings. The second-order valence-corrected chi connectivity index (χ2v) is 4.41. The first-order valence-electron chi connectivity index (χ1n) is 4.71. The number of amidine groups is 1. The minimum Gasteiger partial charge on any atom is -0.868 e. The second-order valence-electron chi connectivity index (χ2n) is 3.35. The fraction of sp³-hybridized carbons (Fsp3) is 0. The van der Waals surface area contributed by atoms with Gasteiger partial charge in [-0.25, -0.2) is 0 Å². The van der Waals surface area contributed by atoms with Crippen LogP contribution in [0.3, 0.4) is 0 Å². The van der Waals surface area contributed by atoms with Crippen LogP contribution in [0.4, 0.5) is 5.69 Å². The molecule has 0 bridgehead atoms. The van der Waals surface area contributed by atoms with Gasteiger partial charge in [-0.15, -0.1) is 0 Å². The van der Waals surface area contributed by atoms with Gasteiger partial charge in [0.1, 0.15) is 0 Å². The van der Waals surface area contributed by atoms with Crippen molar-refractivity contribution in [2.45, 2.75) is 0 Å². The first-order chi connectivity index (χ1) is 8.47. The lowest BCUT2D eigenvalue weighted by molar-refractivity contribution is -0.398. The van der Waals surface area contributed by atoms with Crippen molar-refractivity contribution in [3.63, 3.8) is 0 Å². The van der Waals surface area contributed by atoms with Gasteiger partial charge in [0.15, 0.2) is 5.17 Å². The molecule has 0 saturated carbocycles. The molecule has 1 aromatic carbocycles. The van der Waals surface area contributed by atoms with Crippen LogP contribution in [0, 0.1) is 10.1 Å². The third-order valence-corrected chi connectivity index (χ3v) is 2.93. The lowest BCUT2D eigenvalue weighted by Crippen LogP contribution is -2.01. The van der Waals surface area contributed by atoms with Crippen LogP contribution < -0.4 is 10.8 Å². The highest BCUT2D eigenvalue weighted by atomic mass is 32.2. The number of hydrogen-bond acceptors (Lipinski definition) is 6. The summed E-state index contributed by atoms with van der Waals surface area (Å²) in [5.74, 6) is -1.17. The number of rotatable bonds is 2. The molecule has 1 aromatic rings. The van der Waals surface area contributed by atoms with Gasteiger partial charge in [0, 0.05) is 6.07 Å². The molecule has 1 heterocycles. The van der Waals surface area contributed by atoms with Crippen molar-refractivity contribution < 1.29 is 14.8 Å². The summed E-state index contributed by atoms with van der Waals surface area (Å²) in [5, 5.41) is 21.9. The number of benzene rings is 1. The van der Waals surface area contributed by atoms with Gasteiger partial charge >= 0.3 is 0 Å². The number of carbonyl (C=O) groups excluding carboxylic acids is 1. The Balaban J connectivity index is 2.37. The number of aliphatic imine (C=N–C) groups is 1. The fourth-order valence-corrected chi connectivity index (χ4v) is 2.03. The summed E-state index contributed by atoms with van der Waals surface area (Å²) in [6.07, 6.45) is 1.41. The molecule has 7 nitrogen and oxygen atoms in total. The predicted molar refractivity (Wildman–Crippen MR) is 64.7 cm³/mol. The van der Waals surface area contributed by atoms with E-state index in [1.54, 1.807) is 0 Å². The molecular weight excluding hydrogens is 258 g/mol. The minimum atomic E-state index is -0.765. The number of hydrogen-bond donors (Lipinski definition) is 1. The Bertz CT molecular complexity index is 609. The normalized spacial score (nSPS) is 17.0. The van der Waals surface area contributed by atoms with E-state index < -0.39 is 22.3 Å². The van der Waals surface area contributed by atoms with Crippen molar-refractivity contribution >= 4 is 34.6 Å². The topological polar surface area (TPSA) is 122 Å². The second kappa shape index (κ2) is 4.49. The van der Waals surface area contributed by atoms with E-state index in [4.69, 9.17) is 5.73 Å². The average Bonchev–Trinajstić information content (AvgIpc) is 2.60. The van der Waals surface area contributed by atoms with E-state index in [1.807, 2.05) is 0 Å². The van der Waals surface area contributed by atoms with Gasteiger partial charge in [-0.2, -0.15) is 4.99 Å². The largest absolute Gasteiger partial charge is 0.868 e. The molecule has 0 saturated heterocycles. The molecule has 0 unspecified atom stereocenters. The summed E-state index contributed by atoms with van der Waals surface area (Å²) in [7, 11) is 0. The maximum absolute atomic E-state index is 11.3. The molecule has 1 aliphatic heterocycles. The molecule has 1 aliphatic rings. The van der Waals surface area contributed by atoms with Crippen molar-refractivity contribution in [3.05, 3.63) is 38.8 Å². The van der Waals surface area contributed by atoms with Crippen molar-refractivity contribution in [3.8, 4) is 5.75 Å². The van der Waals surface area contributed by atoms with E-state index in [0.29, 0.717) is 5.56 Å². The highest BCUT2D eigenvalue weighted by Crippen LogP contribution is 2.29. The van der Waals surface area contributed by atoms with E-state index in [0.717, 1.165) is 23.9 Å². The number of nitro benzene ring substituents is 1. The monoisotopic (exact) mass is 264 g/mol. The Morgan fingerprint density at radius 1 is 1.44 bits per heavy atom. The summed E-state index contributed by atoms with van der Waals surface area (Å²) >= 11 is 0.978. The molecule has 0 radical (unpaired) electrons. The lowest BCUT2D eigenvalue weighted by atomic mass is 10.1. The van der Waals surface area contributed by atoms with Crippen LogP contribution in [0.5, 0.6) is 5.75 Å². The molecular formula is C10H6N3O4S-. The van der Waals surface area contributed by atoms with E-state index in [9.17, 15) is 20.0 Å². The number of nitrogens with zero attached hydrogens (tertiary/aromatic N) is 2. The van der Waals surface area contributed by atoms with Crippen LogP contribution in [-0.2, 0) is 4.79 Å². The summed E-state index contributed by atoms with van der Waals surface area (Å²) in [6, 6.07) is 3.58. The van der Waals surface area contributed by atoms with Crippen LogP contribution in [0.2, 0.25) is 0 Å². The predicted octanol–water partition coefficient (Wildman–Crippen LogP) is 0.597.